The lowest BCUT2D eigenvalue weighted by Crippen LogP contribution is -2.28. The molecule has 11 heteroatoms. The average molecular weight is 405 g/mol. The summed E-state index contributed by atoms with van der Waals surface area (Å²) in [6, 6.07) is 3.94. The molecule has 0 amide bonds. The number of aliphatic hydroxyl groups excluding tert-OH is 1. The highest BCUT2D eigenvalue weighted by molar-refractivity contribution is 7.92. The van der Waals surface area contributed by atoms with Crippen molar-refractivity contribution in [3.8, 4) is 11.5 Å². The maximum atomic E-state index is 13.9. The van der Waals surface area contributed by atoms with Crippen LogP contribution in [-0.2, 0) is 9.84 Å². The molecule has 0 bridgehead atoms. The van der Waals surface area contributed by atoms with Gasteiger partial charge in [0.15, 0.2) is 11.8 Å². The molecular weight excluding hydrogens is 397 g/mol. The molecule has 0 aliphatic carbocycles. The molecule has 0 saturated heterocycles. The van der Waals surface area contributed by atoms with E-state index in [2.05, 4.69) is 4.85 Å². The second-order valence-electron chi connectivity index (χ2n) is 5.52. The Morgan fingerprint density at radius 2 is 1.89 bits per heavy atom. The molecule has 0 radical (unpaired) electrons. The third-order valence-corrected chi connectivity index (χ3v) is 5.75. The van der Waals surface area contributed by atoms with Gasteiger partial charge < -0.3 is 9.84 Å². The van der Waals surface area contributed by atoms with Crippen molar-refractivity contribution in [3.05, 3.63) is 58.7 Å². The van der Waals surface area contributed by atoms with Gasteiger partial charge in [-0.2, -0.15) is 8.78 Å². The SMILES string of the molecule is [C-]#[N+]c1cc(F)cc(Oc2ccc3c(c2C(F)F)[C@H](O)C(F)(F)S3(=O)=O)c1. The summed E-state index contributed by atoms with van der Waals surface area (Å²) in [7, 11) is -5.37. The number of ether oxygens (including phenoxy) is 1. The van der Waals surface area contributed by atoms with Crippen molar-refractivity contribution >= 4 is 15.5 Å². The second kappa shape index (κ2) is 6.17. The molecule has 5 nitrogen and oxygen atoms in total. The van der Waals surface area contributed by atoms with Crippen molar-refractivity contribution in [3.63, 3.8) is 0 Å². The van der Waals surface area contributed by atoms with Crippen LogP contribution in [-0.4, -0.2) is 18.8 Å². The lowest BCUT2D eigenvalue weighted by molar-refractivity contribution is -0.0391. The summed E-state index contributed by atoms with van der Waals surface area (Å²) < 4.78 is 97.0. The van der Waals surface area contributed by atoms with E-state index in [1.807, 2.05) is 0 Å². The second-order valence-corrected chi connectivity index (χ2v) is 7.51. The van der Waals surface area contributed by atoms with Crippen LogP contribution in [0.1, 0.15) is 23.7 Å². The van der Waals surface area contributed by atoms with Crippen LogP contribution in [0.4, 0.5) is 27.6 Å². The molecule has 1 aliphatic heterocycles. The summed E-state index contributed by atoms with van der Waals surface area (Å²) in [6.45, 7) is 6.84. The molecule has 1 heterocycles. The molecule has 1 N–H and O–H groups in total. The largest absolute Gasteiger partial charge is 0.458 e. The number of alkyl halides is 4. The van der Waals surface area contributed by atoms with Crippen LogP contribution >= 0.6 is 0 Å². The molecule has 2 aromatic rings. The molecule has 0 spiro atoms. The van der Waals surface area contributed by atoms with Crippen molar-refractivity contribution in [2.45, 2.75) is 22.7 Å². The van der Waals surface area contributed by atoms with E-state index in [1.54, 1.807) is 0 Å². The van der Waals surface area contributed by atoms with Gasteiger partial charge >= 0.3 is 5.25 Å². The van der Waals surface area contributed by atoms with E-state index in [0.29, 0.717) is 12.1 Å². The van der Waals surface area contributed by atoms with Crippen molar-refractivity contribution in [2.24, 2.45) is 0 Å². The Hall–Kier alpha value is -2.71. The Bertz CT molecular complexity index is 1080. The maximum Gasteiger partial charge on any atom is 0.379 e. The predicted octanol–water partition coefficient (Wildman–Crippen LogP) is 4.52. The molecule has 3 rings (SSSR count). The number of nitrogens with zero attached hydrogens (tertiary/aromatic N) is 1. The zero-order valence-corrected chi connectivity index (χ0v) is 13.8. The van der Waals surface area contributed by atoms with Crippen LogP contribution in [0.25, 0.3) is 4.85 Å². The third kappa shape index (κ3) is 2.81. The average Bonchev–Trinajstić information content (AvgIpc) is 2.71. The topological polar surface area (TPSA) is 68.0 Å². The zero-order valence-electron chi connectivity index (χ0n) is 13.0. The smallest absolute Gasteiger partial charge is 0.379 e. The number of benzene rings is 2. The maximum absolute atomic E-state index is 13.9. The first-order valence-electron chi connectivity index (χ1n) is 7.12. The fourth-order valence-corrected chi connectivity index (χ4v) is 4.15. The van der Waals surface area contributed by atoms with Crippen LogP contribution < -0.4 is 4.74 Å². The lowest BCUT2D eigenvalue weighted by Gasteiger charge is -2.17. The Morgan fingerprint density at radius 3 is 2.48 bits per heavy atom. The van der Waals surface area contributed by atoms with Crippen molar-refractivity contribution in [2.75, 3.05) is 0 Å². The Labute approximate surface area is 149 Å². The van der Waals surface area contributed by atoms with Gasteiger partial charge in [0.25, 0.3) is 6.43 Å². The quantitative estimate of drug-likeness (QED) is 0.602. The normalized spacial score (nSPS) is 19.6. The highest BCUT2D eigenvalue weighted by atomic mass is 32.2. The van der Waals surface area contributed by atoms with Crippen LogP contribution in [0.2, 0.25) is 0 Å². The number of halogens is 5. The van der Waals surface area contributed by atoms with Crippen LogP contribution in [0.5, 0.6) is 11.5 Å². The number of sulfone groups is 1. The van der Waals surface area contributed by atoms with E-state index >= 15 is 0 Å². The fraction of sp³-hybridized carbons (Fsp3) is 0.188. The number of hydrogen-bond donors (Lipinski definition) is 1. The molecule has 1 aliphatic rings. The first kappa shape index (κ1) is 19.1. The van der Waals surface area contributed by atoms with Gasteiger partial charge in [-0.05, 0) is 24.3 Å². The van der Waals surface area contributed by atoms with Crippen LogP contribution in [0, 0.1) is 12.4 Å². The zero-order chi connectivity index (χ0) is 20.1. The van der Waals surface area contributed by atoms with E-state index in [0.717, 1.165) is 18.2 Å². The van der Waals surface area contributed by atoms with Gasteiger partial charge in [0, 0.05) is 11.6 Å². The van der Waals surface area contributed by atoms with Gasteiger partial charge in [-0.25, -0.2) is 26.4 Å². The van der Waals surface area contributed by atoms with Gasteiger partial charge in [0.1, 0.15) is 17.3 Å². The van der Waals surface area contributed by atoms with Gasteiger partial charge in [0.05, 0.1) is 17.0 Å². The monoisotopic (exact) mass is 405 g/mol. The molecule has 2 aromatic carbocycles. The number of hydrogen-bond acceptors (Lipinski definition) is 4. The van der Waals surface area contributed by atoms with E-state index in [9.17, 15) is 35.5 Å². The van der Waals surface area contributed by atoms with Crippen molar-refractivity contribution in [1.82, 2.24) is 0 Å². The predicted molar refractivity (Wildman–Crippen MR) is 81.2 cm³/mol. The number of aliphatic hydroxyl groups is 1. The van der Waals surface area contributed by atoms with Crippen LogP contribution in [0.3, 0.4) is 0 Å². The van der Waals surface area contributed by atoms with Gasteiger partial charge in [-0.1, -0.05) is 0 Å². The Balaban J connectivity index is 2.20. The summed E-state index contributed by atoms with van der Waals surface area (Å²) in [4.78, 5) is 1.83. The van der Waals surface area contributed by atoms with Crippen LogP contribution in [0.15, 0.2) is 35.2 Å². The third-order valence-electron chi connectivity index (χ3n) is 3.88. The molecule has 0 unspecified atom stereocenters. The molecule has 27 heavy (non-hydrogen) atoms. The lowest BCUT2D eigenvalue weighted by atomic mass is 10.0. The summed E-state index contributed by atoms with van der Waals surface area (Å²) in [5.74, 6) is -2.05. The van der Waals surface area contributed by atoms with E-state index < -0.39 is 55.2 Å². The number of rotatable bonds is 3. The summed E-state index contributed by atoms with van der Waals surface area (Å²) in [5, 5.41) is 4.99. The first-order chi connectivity index (χ1) is 12.5. The summed E-state index contributed by atoms with van der Waals surface area (Å²) >= 11 is 0. The Kier molecular flexibility index (Phi) is 4.36. The minimum absolute atomic E-state index is 0.209. The minimum atomic E-state index is -5.37. The van der Waals surface area contributed by atoms with E-state index in [1.165, 1.54) is 0 Å². The molecule has 142 valence electrons. The summed E-state index contributed by atoms with van der Waals surface area (Å²) in [6.07, 6.45) is -6.50. The molecule has 0 fully saturated rings. The minimum Gasteiger partial charge on any atom is -0.458 e. The number of fused-ring (bicyclic) bond motifs is 1. The van der Waals surface area contributed by atoms with Crippen molar-refractivity contribution in [1.29, 1.82) is 0 Å². The van der Waals surface area contributed by atoms with Gasteiger partial charge in [0.2, 0.25) is 9.84 Å². The first-order valence-corrected chi connectivity index (χ1v) is 8.60. The molecule has 0 saturated carbocycles. The van der Waals surface area contributed by atoms with Gasteiger partial charge in [-0.15, -0.1) is 0 Å². The van der Waals surface area contributed by atoms with E-state index in [-0.39, 0.29) is 11.4 Å². The molecular formula is C16H8F5NO4S. The van der Waals surface area contributed by atoms with Gasteiger partial charge in [-0.3, -0.25) is 0 Å². The summed E-state index contributed by atoms with van der Waals surface area (Å²) in [5.41, 5.74) is -2.64. The van der Waals surface area contributed by atoms with E-state index in [4.69, 9.17) is 11.3 Å². The highest BCUT2D eigenvalue weighted by Crippen LogP contribution is 2.53. The van der Waals surface area contributed by atoms with Crippen molar-refractivity contribution < 1.29 is 40.2 Å². The molecule has 0 aromatic heterocycles. The Morgan fingerprint density at radius 1 is 1.22 bits per heavy atom. The standard InChI is InChI=1S/C16H8F5NO4S/c1-22-8-4-7(17)5-9(6-8)26-10-2-3-11-13(12(10)15(18)19)14(23)16(20,21)27(11,24)25/h2-6,14-15,23H/t14-/m0/s1. The fourth-order valence-electron chi connectivity index (χ4n) is 2.69. The molecule has 1 atom stereocenters. The highest BCUT2D eigenvalue weighted by Gasteiger charge is 2.61.